The number of fused-ring (bicyclic) bond motifs is 1. The lowest BCUT2D eigenvalue weighted by Gasteiger charge is -2.23. The predicted octanol–water partition coefficient (Wildman–Crippen LogP) is 1.40. The summed E-state index contributed by atoms with van der Waals surface area (Å²) in [5, 5.41) is 3.35. The van der Waals surface area contributed by atoms with Crippen molar-refractivity contribution in [2.45, 2.75) is 25.0 Å². The molecule has 2 unspecified atom stereocenters. The zero-order valence-corrected chi connectivity index (χ0v) is 10.6. The SMILES string of the molecule is COc1cccc(CC2=NC3CNCCC3O2)c1. The minimum absolute atomic E-state index is 0.284. The van der Waals surface area contributed by atoms with E-state index >= 15 is 0 Å². The number of ether oxygens (including phenoxy) is 2. The fraction of sp³-hybridized carbons (Fsp3) is 0.500. The van der Waals surface area contributed by atoms with Crippen LogP contribution in [0.4, 0.5) is 0 Å². The van der Waals surface area contributed by atoms with Crippen LogP contribution >= 0.6 is 0 Å². The van der Waals surface area contributed by atoms with E-state index in [0.717, 1.165) is 37.6 Å². The van der Waals surface area contributed by atoms with Crippen LogP contribution in [0.25, 0.3) is 0 Å². The molecule has 4 nitrogen and oxygen atoms in total. The van der Waals surface area contributed by atoms with Crippen LogP contribution in [0.5, 0.6) is 5.75 Å². The highest BCUT2D eigenvalue weighted by Gasteiger charge is 2.32. The maximum atomic E-state index is 5.91. The lowest BCUT2D eigenvalue weighted by Crippen LogP contribution is -2.41. The Hall–Kier alpha value is -1.55. The van der Waals surface area contributed by atoms with Gasteiger partial charge in [0.2, 0.25) is 0 Å². The topological polar surface area (TPSA) is 42.8 Å². The molecule has 0 aliphatic carbocycles. The van der Waals surface area contributed by atoms with Crippen molar-refractivity contribution in [3.05, 3.63) is 29.8 Å². The summed E-state index contributed by atoms with van der Waals surface area (Å²) in [6.45, 7) is 1.97. The van der Waals surface area contributed by atoms with E-state index in [0.29, 0.717) is 6.04 Å². The van der Waals surface area contributed by atoms with Crippen LogP contribution in [0, 0.1) is 0 Å². The fourth-order valence-electron chi connectivity index (χ4n) is 2.52. The van der Waals surface area contributed by atoms with Crippen molar-refractivity contribution in [1.82, 2.24) is 5.32 Å². The number of aliphatic imine (C=N–C) groups is 1. The number of hydrogen-bond donors (Lipinski definition) is 1. The summed E-state index contributed by atoms with van der Waals surface area (Å²) in [6, 6.07) is 8.36. The van der Waals surface area contributed by atoms with Crippen LogP contribution < -0.4 is 10.1 Å². The van der Waals surface area contributed by atoms with Crippen LogP contribution in [0.15, 0.2) is 29.3 Å². The number of rotatable bonds is 3. The van der Waals surface area contributed by atoms with Gasteiger partial charge in [0.1, 0.15) is 17.9 Å². The summed E-state index contributed by atoms with van der Waals surface area (Å²) in [5.74, 6) is 1.74. The van der Waals surface area contributed by atoms with Gasteiger partial charge in [-0.25, -0.2) is 4.99 Å². The summed E-state index contributed by atoms with van der Waals surface area (Å²) in [5.41, 5.74) is 1.18. The van der Waals surface area contributed by atoms with Crippen molar-refractivity contribution in [2.75, 3.05) is 20.2 Å². The Labute approximate surface area is 107 Å². The first-order chi connectivity index (χ1) is 8.85. The third kappa shape index (κ3) is 2.34. The monoisotopic (exact) mass is 246 g/mol. The number of benzene rings is 1. The van der Waals surface area contributed by atoms with E-state index < -0.39 is 0 Å². The van der Waals surface area contributed by atoms with Gasteiger partial charge in [-0.05, 0) is 30.7 Å². The van der Waals surface area contributed by atoms with Gasteiger partial charge in [0.25, 0.3) is 0 Å². The molecule has 0 amide bonds. The molecule has 0 saturated carbocycles. The molecule has 0 spiro atoms. The second-order valence-electron chi connectivity index (χ2n) is 4.77. The minimum atomic E-state index is 0.284. The normalized spacial score (nSPS) is 26.2. The third-order valence-electron chi connectivity index (χ3n) is 3.47. The molecule has 18 heavy (non-hydrogen) atoms. The molecule has 0 bridgehead atoms. The van der Waals surface area contributed by atoms with Crippen LogP contribution in [-0.2, 0) is 11.2 Å². The molecule has 0 radical (unpaired) electrons. The quantitative estimate of drug-likeness (QED) is 0.876. The summed E-state index contributed by atoms with van der Waals surface area (Å²) >= 11 is 0. The molecule has 3 rings (SSSR count). The molecule has 2 aliphatic heterocycles. The minimum Gasteiger partial charge on any atom is -0.497 e. The van der Waals surface area contributed by atoms with Gasteiger partial charge in [-0.15, -0.1) is 0 Å². The van der Waals surface area contributed by atoms with Gasteiger partial charge in [0.05, 0.1) is 7.11 Å². The summed E-state index contributed by atoms with van der Waals surface area (Å²) in [4.78, 5) is 4.65. The number of hydrogen-bond acceptors (Lipinski definition) is 4. The standard InChI is InChI=1S/C14H18N2O2/c1-17-11-4-2-3-10(7-11)8-14-16-12-9-15-6-5-13(12)18-14/h2-4,7,12-13,15H,5-6,8-9H2,1H3. The summed E-state index contributed by atoms with van der Waals surface area (Å²) in [7, 11) is 1.68. The van der Waals surface area contributed by atoms with Crippen molar-refractivity contribution >= 4 is 5.90 Å². The summed E-state index contributed by atoms with van der Waals surface area (Å²) < 4.78 is 11.1. The van der Waals surface area contributed by atoms with Crippen LogP contribution in [0.1, 0.15) is 12.0 Å². The average molecular weight is 246 g/mol. The first kappa shape index (κ1) is 11.5. The Morgan fingerprint density at radius 1 is 1.50 bits per heavy atom. The smallest absolute Gasteiger partial charge is 0.188 e. The maximum absolute atomic E-state index is 5.91. The van der Waals surface area contributed by atoms with E-state index in [1.807, 2.05) is 18.2 Å². The highest BCUT2D eigenvalue weighted by molar-refractivity contribution is 5.80. The largest absolute Gasteiger partial charge is 0.497 e. The Balaban J connectivity index is 1.69. The number of nitrogens with one attached hydrogen (secondary N) is 1. The van der Waals surface area contributed by atoms with E-state index in [-0.39, 0.29) is 6.10 Å². The second kappa shape index (κ2) is 4.98. The van der Waals surface area contributed by atoms with Crippen molar-refractivity contribution < 1.29 is 9.47 Å². The first-order valence-electron chi connectivity index (χ1n) is 6.42. The van der Waals surface area contributed by atoms with Gasteiger partial charge in [0.15, 0.2) is 5.90 Å². The molecular weight excluding hydrogens is 228 g/mol. The molecule has 1 aromatic rings. The Morgan fingerprint density at radius 3 is 3.28 bits per heavy atom. The molecule has 96 valence electrons. The molecule has 2 atom stereocenters. The van der Waals surface area contributed by atoms with E-state index in [9.17, 15) is 0 Å². The van der Waals surface area contributed by atoms with Gasteiger partial charge in [-0.3, -0.25) is 0 Å². The highest BCUT2D eigenvalue weighted by Crippen LogP contribution is 2.21. The van der Waals surface area contributed by atoms with E-state index in [1.165, 1.54) is 5.56 Å². The molecule has 1 saturated heterocycles. The number of methoxy groups -OCH3 is 1. The molecule has 4 heteroatoms. The molecule has 1 fully saturated rings. The Morgan fingerprint density at radius 2 is 2.44 bits per heavy atom. The van der Waals surface area contributed by atoms with Gasteiger partial charge < -0.3 is 14.8 Å². The van der Waals surface area contributed by atoms with Gasteiger partial charge in [-0.1, -0.05) is 12.1 Å². The molecule has 0 aromatic heterocycles. The van der Waals surface area contributed by atoms with Gasteiger partial charge in [0, 0.05) is 13.0 Å². The van der Waals surface area contributed by atoms with E-state index in [1.54, 1.807) is 7.11 Å². The van der Waals surface area contributed by atoms with E-state index in [4.69, 9.17) is 9.47 Å². The zero-order valence-electron chi connectivity index (χ0n) is 10.6. The highest BCUT2D eigenvalue weighted by atomic mass is 16.5. The lowest BCUT2D eigenvalue weighted by atomic mass is 10.1. The van der Waals surface area contributed by atoms with Crippen molar-refractivity contribution in [2.24, 2.45) is 4.99 Å². The van der Waals surface area contributed by atoms with Crippen molar-refractivity contribution in [3.63, 3.8) is 0 Å². The molecule has 1 aromatic carbocycles. The molecule has 2 heterocycles. The van der Waals surface area contributed by atoms with Crippen molar-refractivity contribution in [1.29, 1.82) is 0 Å². The lowest BCUT2D eigenvalue weighted by molar-refractivity contribution is 0.158. The third-order valence-corrected chi connectivity index (χ3v) is 3.47. The molecular formula is C14H18N2O2. The van der Waals surface area contributed by atoms with Crippen LogP contribution in [0.3, 0.4) is 0 Å². The Kier molecular flexibility index (Phi) is 3.19. The van der Waals surface area contributed by atoms with Crippen molar-refractivity contribution in [3.8, 4) is 5.75 Å². The van der Waals surface area contributed by atoms with E-state index in [2.05, 4.69) is 16.4 Å². The van der Waals surface area contributed by atoms with Gasteiger partial charge in [-0.2, -0.15) is 0 Å². The second-order valence-corrected chi connectivity index (χ2v) is 4.77. The van der Waals surface area contributed by atoms with Crippen LogP contribution in [-0.4, -0.2) is 38.2 Å². The molecule has 1 N–H and O–H groups in total. The summed E-state index contributed by atoms with van der Waals surface area (Å²) in [6.07, 6.45) is 2.09. The Bertz CT molecular complexity index is 459. The average Bonchev–Trinajstić information content (AvgIpc) is 2.81. The number of nitrogens with zero attached hydrogens (tertiary/aromatic N) is 1. The van der Waals surface area contributed by atoms with Crippen LogP contribution in [0.2, 0.25) is 0 Å². The predicted molar refractivity (Wildman–Crippen MR) is 70.3 cm³/mol. The molecule has 2 aliphatic rings. The maximum Gasteiger partial charge on any atom is 0.188 e. The van der Waals surface area contributed by atoms with Gasteiger partial charge >= 0.3 is 0 Å². The first-order valence-corrected chi connectivity index (χ1v) is 6.42. The fourth-order valence-corrected chi connectivity index (χ4v) is 2.52. The number of piperidine rings is 1. The zero-order chi connectivity index (χ0) is 12.4.